The number of non-ortho nitro benzene ring substituents is 1. The zero-order valence-electron chi connectivity index (χ0n) is 7.91. The monoisotopic (exact) mass is 238 g/mol. The highest BCUT2D eigenvalue weighted by Gasteiger charge is 2.11. The second-order valence-electron chi connectivity index (χ2n) is 2.73. The van der Waals surface area contributed by atoms with Crippen LogP contribution in [-0.2, 0) is 4.79 Å². The third-order valence-corrected chi connectivity index (χ3v) is 2.70. The van der Waals surface area contributed by atoms with E-state index >= 15 is 0 Å². The highest BCUT2D eigenvalue weighted by Crippen LogP contribution is 2.25. The van der Waals surface area contributed by atoms with Crippen LogP contribution in [0, 0.1) is 21.4 Å². The number of nitrogens with zero attached hydrogens (tertiary/aromatic N) is 2. The molecule has 1 rings (SSSR count). The van der Waals surface area contributed by atoms with Gasteiger partial charge in [0.15, 0.2) is 0 Å². The number of hydrogen-bond donors (Lipinski definition) is 1. The lowest BCUT2D eigenvalue weighted by molar-refractivity contribution is -0.384. The van der Waals surface area contributed by atoms with E-state index in [0.717, 1.165) is 17.8 Å². The van der Waals surface area contributed by atoms with Crippen molar-refractivity contribution >= 4 is 23.4 Å². The maximum Gasteiger partial charge on any atom is 0.313 e. The van der Waals surface area contributed by atoms with Crippen molar-refractivity contribution in [1.82, 2.24) is 0 Å². The molecule has 0 bridgehead atoms. The number of nitro groups is 1. The van der Waals surface area contributed by atoms with Crippen LogP contribution in [0.5, 0.6) is 0 Å². The quantitative estimate of drug-likeness (QED) is 0.485. The number of aliphatic carboxylic acids is 1. The number of carboxylic acid groups (broad SMARTS) is 1. The summed E-state index contributed by atoms with van der Waals surface area (Å²) in [6, 6.07) is 5.55. The lowest BCUT2D eigenvalue weighted by Crippen LogP contribution is -1.98. The molecule has 0 aliphatic heterocycles. The average Bonchev–Trinajstić information content (AvgIpc) is 2.25. The van der Waals surface area contributed by atoms with Crippen LogP contribution in [0.15, 0.2) is 23.1 Å². The van der Waals surface area contributed by atoms with Crippen LogP contribution in [0.25, 0.3) is 0 Å². The summed E-state index contributed by atoms with van der Waals surface area (Å²) in [5.41, 5.74) is -0.0725. The Hall–Kier alpha value is -2.07. The fraction of sp³-hybridized carbons (Fsp3) is 0.111. The van der Waals surface area contributed by atoms with Gasteiger partial charge in [-0.1, -0.05) is 0 Å². The SMILES string of the molecule is N#Cc1cc([N+](=O)[O-])ccc1SCC(=O)O. The molecule has 7 heteroatoms. The van der Waals surface area contributed by atoms with Crippen molar-refractivity contribution in [2.45, 2.75) is 4.90 Å². The molecule has 1 aromatic rings. The molecule has 0 aromatic heterocycles. The third-order valence-electron chi connectivity index (χ3n) is 1.65. The Morgan fingerprint density at radius 2 is 2.31 bits per heavy atom. The maximum absolute atomic E-state index is 10.4. The van der Waals surface area contributed by atoms with Gasteiger partial charge in [0.2, 0.25) is 0 Å². The Bertz CT molecular complexity index is 481. The van der Waals surface area contributed by atoms with Crippen molar-refractivity contribution in [3.05, 3.63) is 33.9 Å². The van der Waals surface area contributed by atoms with Gasteiger partial charge in [-0.05, 0) is 6.07 Å². The van der Waals surface area contributed by atoms with Crippen molar-refractivity contribution in [2.24, 2.45) is 0 Å². The van der Waals surface area contributed by atoms with E-state index in [-0.39, 0.29) is 17.0 Å². The van der Waals surface area contributed by atoms with Gasteiger partial charge in [0.1, 0.15) is 6.07 Å². The standard InChI is InChI=1S/C9H6N2O4S/c10-4-6-3-7(11(14)15)1-2-8(6)16-5-9(12)13/h1-3H,5H2,(H,12,13). The van der Waals surface area contributed by atoms with E-state index in [1.165, 1.54) is 12.1 Å². The van der Waals surface area contributed by atoms with Crippen LogP contribution >= 0.6 is 11.8 Å². The molecule has 0 heterocycles. The Kier molecular flexibility index (Phi) is 3.85. The molecule has 6 nitrogen and oxygen atoms in total. The van der Waals surface area contributed by atoms with Gasteiger partial charge in [0, 0.05) is 17.0 Å². The van der Waals surface area contributed by atoms with Crippen LogP contribution in [0.1, 0.15) is 5.56 Å². The minimum atomic E-state index is -1.01. The summed E-state index contributed by atoms with van der Waals surface area (Å²) in [5.74, 6) is -1.20. The maximum atomic E-state index is 10.4. The highest BCUT2D eigenvalue weighted by molar-refractivity contribution is 8.00. The number of benzene rings is 1. The first kappa shape index (κ1) is 12.0. The van der Waals surface area contributed by atoms with E-state index in [1.807, 2.05) is 0 Å². The van der Waals surface area contributed by atoms with Crippen molar-refractivity contribution in [3.8, 4) is 6.07 Å². The van der Waals surface area contributed by atoms with Crippen LogP contribution < -0.4 is 0 Å². The lowest BCUT2D eigenvalue weighted by Gasteiger charge is -2.00. The van der Waals surface area contributed by atoms with Gasteiger partial charge in [-0.2, -0.15) is 5.26 Å². The second-order valence-corrected chi connectivity index (χ2v) is 3.75. The zero-order valence-corrected chi connectivity index (χ0v) is 8.73. The topological polar surface area (TPSA) is 104 Å². The molecule has 1 N–H and O–H groups in total. The molecular formula is C9H6N2O4S. The largest absolute Gasteiger partial charge is 0.481 e. The summed E-state index contributed by atoms with van der Waals surface area (Å²) in [6.45, 7) is 0. The zero-order chi connectivity index (χ0) is 12.1. The Labute approximate surface area is 94.7 Å². The van der Waals surface area contributed by atoms with Gasteiger partial charge in [-0.25, -0.2) is 0 Å². The molecule has 0 atom stereocenters. The number of hydrogen-bond acceptors (Lipinski definition) is 5. The lowest BCUT2D eigenvalue weighted by atomic mass is 10.2. The van der Waals surface area contributed by atoms with Gasteiger partial charge in [0.25, 0.3) is 5.69 Å². The minimum Gasteiger partial charge on any atom is -0.481 e. The fourth-order valence-corrected chi connectivity index (χ4v) is 1.69. The second kappa shape index (κ2) is 5.14. The smallest absolute Gasteiger partial charge is 0.313 e. The molecule has 0 aliphatic carbocycles. The Morgan fingerprint density at radius 1 is 1.62 bits per heavy atom. The first-order valence-corrected chi connectivity index (χ1v) is 5.06. The summed E-state index contributed by atoms with van der Waals surface area (Å²) in [6.07, 6.45) is 0. The molecule has 0 unspecified atom stereocenters. The summed E-state index contributed by atoms with van der Waals surface area (Å²) in [4.78, 5) is 20.6. The highest BCUT2D eigenvalue weighted by atomic mass is 32.2. The van der Waals surface area contributed by atoms with E-state index in [1.54, 1.807) is 6.07 Å². The van der Waals surface area contributed by atoms with E-state index in [9.17, 15) is 14.9 Å². The molecule has 82 valence electrons. The molecule has 0 saturated carbocycles. The van der Waals surface area contributed by atoms with Crippen LogP contribution in [0.2, 0.25) is 0 Å². The van der Waals surface area contributed by atoms with Gasteiger partial charge >= 0.3 is 5.97 Å². The van der Waals surface area contributed by atoms with Crippen LogP contribution in [-0.4, -0.2) is 21.8 Å². The Balaban J connectivity index is 2.99. The fourth-order valence-electron chi connectivity index (χ4n) is 0.984. The van der Waals surface area contributed by atoms with Crippen molar-refractivity contribution in [3.63, 3.8) is 0 Å². The minimum absolute atomic E-state index is 0.112. The molecule has 0 radical (unpaired) electrons. The molecule has 0 saturated heterocycles. The molecule has 0 aliphatic rings. The number of carbonyl (C=O) groups is 1. The van der Waals surface area contributed by atoms with E-state index in [0.29, 0.717) is 4.90 Å². The third kappa shape index (κ3) is 2.96. The van der Waals surface area contributed by atoms with Crippen molar-refractivity contribution in [2.75, 3.05) is 5.75 Å². The summed E-state index contributed by atoms with van der Waals surface area (Å²) < 4.78 is 0. The van der Waals surface area contributed by atoms with Gasteiger partial charge < -0.3 is 5.11 Å². The van der Waals surface area contributed by atoms with Crippen LogP contribution in [0.4, 0.5) is 5.69 Å². The number of thioether (sulfide) groups is 1. The normalized spacial score (nSPS) is 9.44. The van der Waals surface area contributed by atoms with Crippen molar-refractivity contribution in [1.29, 1.82) is 5.26 Å². The summed E-state index contributed by atoms with van der Waals surface area (Å²) in [7, 11) is 0. The number of carboxylic acids is 1. The Morgan fingerprint density at radius 3 is 2.81 bits per heavy atom. The first-order valence-electron chi connectivity index (χ1n) is 4.07. The number of rotatable bonds is 4. The van der Waals surface area contributed by atoms with Gasteiger partial charge in [-0.3, -0.25) is 14.9 Å². The molecule has 0 amide bonds. The van der Waals surface area contributed by atoms with E-state index < -0.39 is 10.9 Å². The molecule has 0 spiro atoms. The number of nitriles is 1. The molecule has 1 aromatic carbocycles. The van der Waals surface area contributed by atoms with E-state index in [4.69, 9.17) is 10.4 Å². The molecule has 16 heavy (non-hydrogen) atoms. The summed E-state index contributed by atoms with van der Waals surface area (Å²) in [5, 5.41) is 27.7. The van der Waals surface area contributed by atoms with Crippen molar-refractivity contribution < 1.29 is 14.8 Å². The molecule has 0 fully saturated rings. The number of nitro benzene ring substituents is 1. The van der Waals surface area contributed by atoms with E-state index in [2.05, 4.69) is 0 Å². The predicted octanol–water partition coefficient (Wildman–Crippen LogP) is 1.64. The summed E-state index contributed by atoms with van der Waals surface area (Å²) >= 11 is 0.956. The predicted molar refractivity (Wildman–Crippen MR) is 56.2 cm³/mol. The average molecular weight is 238 g/mol. The van der Waals surface area contributed by atoms with Gasteiger partial charge in [0.05, 0.1) is 16.2 Å². The molecular weight excluding hydrogens is 232 g/mol. The first-order chi connectivity index (χ1) is 7.54. The van der Waals surface area contributed by atoms with Crippen LogP contribution in [0.3, 0.4) is 0 Å². The van der Waals surface area contributed by atoms with Gasteiger partial charge in [-0.15, -0.1) is 11.8 Å².